The van der Waals surface area contributed by atoms with Crippen LogP contribution in [0.5, 0.6) is 0 Å². The second kappa shape index (κ2) is 5.14. The van der Waals surface area contributed by atoms with E-state index in [4.69, 9.17) is 11.6 Å². The lowest BCUT2D eigenvalue weighted by molar-refractivity contribution is -0.124. The van der Waals surface area contributed by atoms with Crippen molar-refractivity contribution in [3.05, 3.63) is 35.5 Å². The molecule has 0 atom stereocenters. The minimum absolute atomic E-state index is 0.142. The average molecular weight is 263 g/mol. The Kier molecular flexibility index (Phi) is 3.58. The first-order chi connectivity index (χ1) is 8.58. The van der Waals surface area contributed by atoms with Gasteiger partial charge in [-0.1, -0.05) is 11.6 Å². The van der Waals surface area contributed by atoms with E-state index in [1.165, 1.54) is 6.92 Å². The average Bonchev–Trinajstić information content (AvgIpc) is 2.32. The van der Waals surface area contributed by atoms with Gasteiger partial charge in [0.25, 0.3) is 0 Å². The van der Waals surface area contributed by atoms with Crippen LogP contribution in [0.2, 0.25) is 5.02 Å². The van der Waals surface area contributed by atoms with Crippen molar-refractivity contribution in [2.75, 3.05) is 5.32 Å². The number of amides is 1. The third kappa shape index (κ3) is 2.65. The zero-order valence-electron chi connectivity index (χ0n) is 9.74. The molecule has 2 rings (SSSR count). The second-order valence-electron chi connectivity index (χ2n) is 3.92. The van der Waals surface area contributed by atoms with Crippen LogP contribution in [0.1, 0.15) is 13.3 Å². The molecule has 0 aliphatic carbocycles. The van der Waals surface area contributed by atoms with Crippen LogP contribution in [0.4, 0.5) is 5.69 Å². The largest absolute Gasteiger partial charge is 0.324 e. The van der Waals surface area contributed by atoms with Gasteiger partial charge in [-0.25, -0.2) is 0 Å². The van der Waals surface area contributed by atoms with Gasteiger partial charge in [0.15, 0.2) is 0 Å². The van der Waals surface area contributed by atoms with Gasteiger partial charge in [0.1, 0.15) is 5.78 Å². The zero-order valence-corrected chi connectivity index (χ0v) is 10.5. The van der Waals surface area contributed by atoms with Crippen LogP contribution in [0.3, 0.4) is 0 Å². The number of halogens is 1. The third-order valence-electron chi connectivity index (χ3n) is 2.40. The number of hydrogen-bond donors (Lipinski definition) is 1. The first kappa shape index (κ1) is 12.5. The van der Waals surface area contributed by atoms with Crippen molar-refractivity contribution < 1.29 is 9.59 Å². The molecule has 0 saturated carbocycles. The molecule has 1 aromatic heterocycles. The van der Waals surface area contributed by atoms with E-state index in [0.717, 1.165) is 5.39 Å². The van der Waals surface area contributed by atoms with Crippen molar-refractivity contribution in [2.45, 2.75) is 13.3 Å². The molecular formula is C13H11ClN2O2. The lowest BCUT2D eigenvalue weighted by Crippen LogP contribution is -2.15. The summed E-state index contributed by atoms with van der Waals surface area (Å²) in [7, 11) is 0. The molecule has 18 heavy (non-hydrogen) atoms. The van der Waals surface area contributed by atoms with Crippen molar-refractivity contribution in [3.63, 3.8) is 0 Å². The number of hydrogen-bond acceptors (Lipinski definition) is 3. The molecule has 0 bridgehead atoms. The lowest BCUT2D eigenvalue weighted by atomic mass is 10.2. The van der Waals surface area contributed by atoms with Crippen LogP contribution in [0.15, 0.2) is 30.5 Å². The van der Waals surface area contributed by atoms with Crippen LogP contribution in [-0.2, 0) is 9.59 Å². The minimum Gasteiger partial charge on any atom is -0.324 e. The molecule has 0 spiro atoms. The van der Waals surface area contributed by atoms with Gasteiger partial charge < -0.3 is 5.32 Å². The maximum absolute atomic E-state index is 11.6. The van der Waals surface area contributed by atoms with Gasteiger partial charge in [-0.3, -0.25) is 14.6 Å². The SMILES string of the molecule is CC(=O)CC(=O)Nc1ccc(Cl)c2cccnc12. The third-order valence-corrected chi connectivity index (χ3v) is 2.73. The lowest BCUT2D eigenvalue weighted by Gasteiger charge is -2.08. The number of carbonyl (C=O) groups is 2. The predicted octanol–water partition coefficient (Wildman–Crippen LogP) is 2.81. The Morgan fingerprint density at radius 3 is 2.83 bits per heavy atom. The van der Waals surface area contributed by atoms with Gasteiger partial charge in [0.2, 0.25) is 5.91 Å². The molecule has 0 fully saturated rings. The summed E-state index contributed by atoms with van der Waals surface area (Å²) < 4.78 is 0. The van der Waals surface area contributed by atoms with Crippen LogP contribution < -0.4 is 5.32 Å². The number of nitrogens with one attached hydrogen (secondary N) is 1. The molecule has 5 heteroatoms. The number of fused-ring (bicyclic) bond motifs is 1. The molecule has 1 amide bonds. The van der Waals surface area contributed by atoms with Gasteiger partial charge in [-0.15, -0.1) is 0 Å². The highest BCUT2D eigenvalue weighted by Crippen LogP contribution is 2.27. The molecule has 0 radical (unpaired) electrons. The fraction of sp³-hybridized carbons (Fsp3) is 0.154. The first-order valence-corrected chi connectivity index (χ1v) is 5.78. The molecule has 1 heterocycles. The number of carbonyl (C=O) groups excluding carboxylic acids is 2. The minimum atomic E-state index is -0.350. The molecule has 0 unspecified atom stereocenters. The molecule has 2 aromatic rings. The van der Waals surface area contributed by atoms with Crippen molar-refractivity contribution in [1.29, 1.82) is 0 Å². The molecule has 0 saturated heterocycles. The highest BCUT2D eigenvalue weighted by atomic mass is 35.5. The molecule has 0 aliphatic heterocycles. The van der Waals surface area contributed by atoms with E-state index in [2.05, 4.69) is 10.3 Å². The second-order valence-corrected chi connectivity index (χ2v) is 4.33. The summed E-state index contributed by atoms with van der Waals surface area (Å²) in [6.45, 7) is 1.37. The van der Waals surface area contributed by atoms with Crippen LogP contribution in [0, 0.1) is 0 Å². The fourth-order valence-electron chi connectivity index (χ4n) is 1.66. The monoisotopic (exact) mass is 262 g/mol. The quantitative estimate of drug-likeness (QED) is 0.866. The predicted molar refractivity (Wildman–Crippen MR) is 70.7 cm³/mol. The van der Waals surface area contributed by atoms with Gasteiger partial charge in [0.05, 0.1) is 22.6 Å². The number of anilines is 1. The van der Waals surface area contributed by atoms with Crippen molar-refractivity contribution in [3.8, 4) is 0 Å². The van der Waals surface area contributed by atoms with E-state index in [1.54, 1.807) is 24.4 Å². The van der Waals surface area contributed by atoms with Crippen molar-refractivity contribution in [2.24, 2.45) is 0 Å². The molecule has 92 valence electrons. The van der Waals surface area contributed by atoms with Crippen LogP contribution in [0.25, 0.3) is 10.9 Å². The van der Waals surface area contributed by atoms with Gasteiger partial charge in [-0.2, -0.15) is 0 Å². The van der Waals surface area contributed by atoms with E-state index in [1.807, 2.05) is 6.07 Å². The van der Waals surface area contributed by atoms with Gasteiger partial charge >= 0.3 is 0 Å². The standard InChI is InChI=1S/C13H11ClN2O2/c1-8(17)7-12(18)16-11-5-4-10(14)9-3-2-6-15-13(9)11/h2-6H,7H2,1H3,(H,16,18). The summed E-state index contributed by atoms with van der Waals surface area (Å²) in [5.41, 5.74) is 1.17. The Morgan fingerprint density at radius 2 is 2.11 bits per heavy atom. The number of benzene rings is 1. The summed E-state index contributed by atoms with van der Waals surface area (Å²) in [5.74, 6) is -0.532. The summed E-state index contributed by atoms with van der Waals surface area (Å²) >= 11 is 6.04. The summed E-state index contributed by atoms with van der Waals surface area (Å²) in [6.07, 6.45) is 1.48. The van der Waals surface area contributed by atoms with Gasteiger partial charge in [0, 0.05) is 11.6 Å². The molecule has 1 aromatic carbocycles. The molecular weight excluding hydrogens is 252 g/mol. The number of rotatable bonds is 3. The number of pyridine rings is 1. The molecule has 0 aliphatic rings. The van der Waals surface area contributed by atoms with E-state index in [0.29, 0.717) is 16.2 Å². The van der Waals surface area contributed by atoms with Crippen molar-refractivity contribution >= 4 is 39.9 Å². The molecule has 1 N–H and O–H groups in total. The summed E-state index contributed by atoms with van der Waals surface area (Å²) in [4.78, 5) is 26.6. The van der Waals surface area contributed by atoms with Crippen LogP contribution in [-0.4, -0.2) is 16.7 Å². The smallest absolute Gasteiger partial charge is 0.231 e. The Bertz CT molecular complexity index is 625. The van der Waals surface area contributed by atoms with Crippen LogP contribution >= 0.6 is 11.6 Å². The molecule has 4 nitrogen and oxygen atoms in total. The topological polar surface area (TPSA) is 59.1 Å². The highest BCUT2D eigenvalue weighted by molar-refractivity contribution is 6.36. The number of nitrogens with zero attached hydrogens (tertiary/aromatic N) is 1. The Balaban J connectivity index is 2.37. The van der Waals surface area contributed by atoms with E-state index in [9.17, 15) is 9.59 Å². The number of Topliss-reactive ketones (excluding diaryl/α,β-unsaturated/α-hetero) is 1. The fourth-order valence-corrected chi connectivity index (χ4v) is 1.87. The first-order valence-electron chi connectivity index (χ1n) is 5.40. The zero-order chi connectivity index (χ0) is 13.1. The number of aromatic nitrogens is 1. The van der Waals surface area contributed by atoms with E-state index < -0.39 is 0 Å². The summed E-state index contributed by atoms with van der Waals surface area (Å²) in [6, 6.07) is 6.96. The normalized spacial score (nSPS) is 10.3. The highest BCUT2D eigenvalue weighted by Gasteiger charge is 2.10. The Hall–Kier alpha value is -1.94. The van der Waals surface area contributed by atoms with E-state index in [-0.39, 0.29) is 18.1 Å². The Morgan fingerprint density at radius 1 is 1.33 bits per heavy atom. The maximum Gasteiger partial charge on any atom is 0.231 e. The number of ketones is 1. The Labute approximate surface area is 109 Å². The van der Waals surface area contributed by atoms with Gasteiger partial charge in [-0.05, 0) is 31.2 Å². The maximum atomic E-state index is 11.6. The van der Waals surface area contributed by atoms with E-state index >= 15 is 0 Å². The summed E-state index contributed by atoms with van der Waals surface area (Å²) in [5, 5.41) is 4.00. The van der Waals surface area contributed by atoms with Crippen molar-refractivity contribution in [1.82, 2.24) is 4.98 Å².